The van der Waals surface area contributed by atoms with Gasteiger partial charge in [-0.25, -0.2) is 0 Å². The van der Waals surface area contributed by atoms with Crippen molar-refractivity contribution in [3.05, 3.63) is 34.3 Å². The van der Waals surface area contributed by atoms with Gasteiger partial charge in [-0.15, -0.1) is 0 Å². The first-order valence-corrected chi connectivity index (χ1v) is 8.92. The molecule has 0 saturated carbocycles. The number of carbonyl (C=O) groups excluding carboxylic acids is 1. The highest BCUT2D eigenvalue weighted by atomic mass is 79.9. The number of carbonyl (C=O) groups is 1. The summed E-state index contributed by atoms with van der Waals surface area (Å²) in [5.74, 6) is 0. The van der Waals surface area contributed by atoms with Gasteiger partial charge >= 0.3 is 0 Å². The molecule has 1 aliphatic rings. The standard InChI is InChI=1S/C18H25BrO4/c1-18(2,13-20)22-11-9-16(14-6-5-7-15(19)12-14)23-17-8-3-4-10-21-17/h5-7,12-13,16-17H,3-4,8-11H2,1-2H3. The van der Waals surface area contributed by atoms with Gasteiger partial charge in [-0.2, -0.15) is 0 Å². The molecule has 1 aromatic carbocycles. The number of halogens is 1. The van der Waals surface area contributed by atoms with Crippen LogP contribution in [-0.2, 0) is 19.0 Å². The molecule has 1 heterocycles. The van der Waals surface area contributed by atoms with Crippen LogP contribution in [0.25, 0.3) is 0 Å². The van der Waals surface area contributed by atoms with Crippen molar-refractivity contribution in [2.45, 2.75) is 57.5 Å². The lowest BCUT2D eigenvalue weighted by Crippen LogP contribution is -2.28. The van der Waals surface area contributed by atoms with E-state index in [0.29, 0.717) is 13.0 Å². The van der Waals surface area contributed by atoms with Crippen molar-refractivity contribution < 1.29 is 19.0 Å². The Bertz CT molecular complexity index is 498. The molecule has 1 fully saturated rings. The highest BCUT2D eigenvalue weighted by Gasteiger charge is 2.23. The van der Waals surface area contributed by atoms with Crippen LogP contribution in [0.1, 0.15) is 51.2 Å². The van der Waals surface area contributed by atoms with Gasteiger partial charge in [0.2, 0.25) is 0 Å². The molecule has 4 nitrogen and oxygen atoms in total. The lowest BCUT2D eigenvalue weighted by Gasteiger charge is -2.29. The van der Waals surface area contributed by atoms with Crippen LogP contribution >= 0.6 is 15.9 Å². The Hall–Kier alpha value is -0.750. The molecule has 0 aromatic heterocycles. The summed E-state index contributed by atoms with van der Waals surface area (Å²) in [6.45, 7) is 4.73. The van der Waals surface area contributed by atoms with Crippen molar-refractivity contribution in [2.75, 3.05) is 13.2 Å². The molecular formula is C18H25BrO4. The van der Waals surface area contributed by atoms with E-state index in [1.54, 1.807) is 13.8 Å². The Morgan fingerprint density at radius 2 is 2.26 bits per heavy atom. The molecule has 0 radical (unpaired) electrons. The molecule has 1 aliphatic heterocycles. The summed E-state index contributed by atoms with van der Waals surface area (Å²) < 4.78 is 18.5. The summed E-state index contributed by atoms with van der Waals surface area (Å²) in [7, 11) is 0. The van der Waals surface area contributed by atoms with Gasteiger partial charge < -0.3 is 19.0 Å². The molecule has 0 aliphatic carbocycles. The van der Waals surface area contributed by atoms with Gasteiger partial charge in [0.15, 0.2) is 12.6 Å². The van der Waals surface area contributed by atoms with Crippen LogP contribution in [-0.4, -0.2) is 31.4 Å². The minimum absolute atomic E-state index is 0.113. The van der Waals surface area contributed by atoms with Crippen LogP contribution in [0.15, 0.2) is 28.7 Å². The minimum atomic E-state index is -0.761. The number of aldehydes is 1. The van der Waals surface area contributed by atoms with E-state index in [9.17, 15) is 4.79 Å². The Balaban J connectivity index is 2.00. The van der Waals surface area contributed by atoms with E-state index in [2.05, 4.69) is 22.0 Å². The average Bonchev–Trinajstić information content (AvgIpc) is 2.55. The van der Waals surface area contributed by atoms with Crippen LogP contribution in [0.5, 0.6) is 0 Å². The second-order valence-corrected chi connectivity index (χ2v) is 7.25. The monoisotopic (exact) mass is 384 g/mol. The lowest BCUT2D eigenvalue weighted by atomic mass is 10.1. The molecule has 2 atom stereocenters. The first-order chi connectivity index (χ1) is 11.0. The Morgan fingerprint density at radius 3 is 2.91 bits per heavy atom. The van der Waals surface area contributed by atoms with Crippen molar-refractivity contribution in [2.24, 2.45) is 0 Å². The fourth-order valence-corrected chi connectivity index (χ4v) is 2.90. The molecule has 23 heavy (non-hydrogen) atoms. The fourth-order valence-electron chi connectivity index (χ4n) is 2.48. The molecule has 128 valence electrons. The maximum Gasteiger partial charge on any atom is 0.158 e. The van der Waals surface area contributed by atoms with Gasteiger partial charge in [0.25, 0.3) is 0 Å². The quantitative estimate of drug-likeness (QED) is 0.622. The van der Waals surface area contributed by atoms with E-state index < -0.39 is 5.60 Å². The van der Waals surface area contributed by atoms with Crippen LogP contribution in [0.4, 0.5) is 0 Å². The topological polar surface area (TPSA) is 44.8 Å². The smallest absolute Gasteiger partial charge is 0.158 e. The van der Waals surface area contributed by atoms with E-state index in [-0.39, 0.29) is 12.4 Å². The summed E-state index contributed by atoms with van der Waals surface area (Å²) >= 11 is 3.50. The molecule has 5 heteroatoms. The minimum Gasteiger partial charge on any atom is -0.368 e. The molecular weight excluding hydrogens is 360 g/mol. The molecule has 2 unspecified atom stereocenters. The predicted octanol–water partition coefficient (Wildman–Crippen LogP) is 4.42. The highest BCUT2D eigenvalue weighted by molar-refractivity contribution is 9.10. The van der Waals surface area contributed by atoms with E-state index in [0.717, 1.165) is 42.2 Å². The third kappa shape index (κ3) is 6.34. The highest BCUT2D eigenvalue weighted by Crippen LogP contribution is 2.28. The largest absolute Gasteiger partial charge is 0.368 e. The number of benzene rings is 1. The van der Waals surface area contributed by atoms with Crippen molar-refractivity contribution in [3.8, 4) is 0 Å². The Morgan fingerprint density at radius 1 is 1.43 bits per heavy atom. The molecule has 0 spiro atoms. The van der Waals surface area contributed by atoms with Gasteiger partial charge in [0, 0.05) is 17.5 Å². The number of rotatable bonds is 8. The molecule has 2 rings (SSSR count). The van der Waals surface area contributed by atoms with Crippen LogP contribution < -0.4 is 0 Å². The second-order valence-electron chi connectivity index (χ2n) is 6.33. The van der Waals surface area contributed by atoms with E-state index in [1.165, 1.54) is 0 Å². The van der Waals surface area contributed by atoms with Crippen molar-refractivity contribution >= 4 is 22.2 Å². The summed E-state index contributed by atoms with van der Waals surface area (Å²) in [6, 6.07) is 8.08. The van der Waals surface area contributed by atoms with Gasteiger partial charge in [-0.1, -0.05) is 28.1 Å². The number of hydrogen-bond acceptors (Lipinski definition) is 4. The van der Waals surface area contributed by atoms with Gasteiger partial charge in [-0.3, -0.25) is 0 Å². The van der Waals surface area contributed by atoms with Gasteiger partial charge in [0.05, 0.1) is 12.7 Å². The summed E-state index contributed by atoms with van der Waals surface area (Å²) in [5, 5.41) is 0. The zero-order valence-corrected chi connectivity index (χ0v) is 15.4. The Kier molecular flexibility index (Phi) is 7.21. The predicted molar refractivity (Wildman–Crippen MR) is 92.3 cm³/mol. The van der Waals surface area contributed by atoms with Gasteiger partial charge in [0.1, 0.15) is 5.60 Å². The summed E-state index contributed by atoms with van der Waals surface area (Å²) in [6.07, 6.45) is 4.37. The first-order valence-electron chi connectivity index (χ1n) is 8.13. The number of ether oxygens (including phenoxy) is 3. The SMILES string of the molecule is CC(C)(C=O)OCCC(OC1CCCCO1)c1cccc(Br)c1. The van der Waals surface area contributed by atoms with Crippen LogP contribution in [0.2, 0.25) is 0 Å². The van der Waals surface area contributed by atoms with E-state index >= 15 is 0 Å². The average molecular weight is 385 g/mol. The summed E-state index contributed by atoms with van der Waals surface area (Å²) in [5.41, 5.74) is 0.324. The second kappa shape index (κ2) is 8.92. The normalized spacial score (nSPS) is 20.2. The molecule has 0 amide bonds. The number of hydrogen-bond donors (Lipinski definition) is 0. The third-order valence-electron chi connectivity index (χ3n) is 3.81. The van der Waals surface area contributed by atoms with Crippen molar-refractivity contribution in [3.63, 3.8) is 0 Å². The molecule has 1 saturated heterocycles. The molecule has 1 aromatic rings. The third-order valence-corrected chi connectivity index (χ3v) is 4.31. The van der Waals surface area contributed by atoms with E-state index in [1.807, 2.05) is 18.2 Å². The van der Waals surface area contributed by atoms with Crippen LogP contribution in [0, 0.1) is 0 Å². The fraction of sp³-hybridized carbons (Fsp3) is 0.611. The van der Waals surface area contributed by atoms with Crippen molar-refractivity contribution in [1.29, 1.82) is 0 Å². The maximum atomic E-state index is 11.0. The zero-order chi connectivity index (χ0) is 16.7. The van der Waals surface area contributed by atoms with Gasteiger partial charge in [-0.05, 0) is 50.8 Å². The first kappa shape index (κ1) is 18.6. The lowest BCUT2D eigenvalue weighted by molar-refractivity contribution is -0.194. The zero-order valence-electron chi connectivity index (χ0n) is 13.8. The summed E-state index contributed by atoms with van der Waals surface area (Å²) in [4.78, 5) is 11.0. The van der Waals surface area contributed by atoms with E-state index in [4.69, 9.17) is 14.2 Å². The van der Waals surface area contributed by atoms with Crippen molar-refractivity contribution in [1.82, 2.24) is 0 Å². The molecule has 0 N–H and O–H groups in total. The molecule has 0 bridgehead atoms. The Labute approximate surface area is 146 Å². The maximum absolute atomic E-state index is 11.0. The van der Waals surface area contributed by atoms with Crippen LogP contribution in [0.3, 0.4) is 0 Å².